The number of para-hydroxylation sites is 1. The molecule has 0 aliphatic rings. The van der Waals surface area contributed by atoms with Crippen molar-refractivity contribution in [3.8, 4) is 0 Å². The molecule has 0 saturated carbocycles. The fraction of sp³-hybridized carbons (Fsp3) is 0.250. The van der Waals surface area contributed by atoms with Gasteiger partial charge >= 0.3 is 0 Å². The lowest BCUT2D eigenvalue weighted by Gasteiger charge is -2.00. The SMILES string of the molecule is CC(=O)c1cn(CCO)c2ccccc12. The molecule has 0 unspecified atom stereocenters. The van der Waals surface area contributed by atoms with E-state index in [-0.39, 0.29) is 12.4 Å². The topological polar surface area (TPSA) is 42.2 Å². The maximum atomic E-state index is 11.4. The van der Waals surface area contributed by atoms with Crippen molar-refractivity contribution in [2.45, 2.75) is 13.5 Å². The molecule has 2 rings (SSSR count). The van der Waals surface area contributed by atoms with Crippen LogP contribution in [0, 0.1) is 0 Å². The molecule has 0 atom stereocenters. The fourth-order valence-electron chi connectivity index (χ4n) is 1.82. The Hall–Kier alpha value is -1.61. The lowest BCUT2D eigenvalue weighted by atomic mass is 10.1. The number of hydrogen-bond acceptors (Lipinski definition) is 2. The smallest absolute Gasteiger partial charge is 0.161 e. The fourth-order valence-corrected chi connectivity index (χ4v) is 1.82. The van der Waals surface area contributed by atoms with Crippen molar-refractivity contribution < 1.29 is 9.90 Å². The molecule has 0 amide bonds. The maximum Gasteiger partial charge on any atom is 0.161 e. The molecule has 2 aromatic rings. The van der Waals surface area contributed by atoms with Crippen LogP contribution in [0.2, 0.25) is 0 Å². The van der Waals surface area contributed by atoms with Crippen LogP contribution in [0.5, 0.6) is 0 Å². The van der Waals surface area contributed by atoms with E-state index in [4.69, 9.17) is 5.11 Å². The van der Waals surface area contributed by atoms with Crippen LogP contribution in [-0.4, -0.2) is 22.1 Å². The third-order valence-electron chi connectivity index (χ3n) is 2.51. The predicted molar refractivity (Wildman–Crippen MR) is 59.0 cm³/mol. The molecule has 1 heterocycles. The minimum Gasteiger partial charge on any atom is -0.395 e. The predicted octanol–water partition coefficient (Wildman–Crippen LogP) is 1.84. The molecule has 1 aromatic carbocycles. The normalized spacial score (nSPS) is 10.8. The molecule has 0 spiro atoms. The number of benzene rings is 1. The Labute approximate surface area is 87.9 Å². The Kier molecular flexibility index (Phi) is 2.56. The molecule has 0 fully saturated rings. The highest BCUT2D eigenvalue weighted by Gasteiger charge is 2.10. The standard InChI is InChI=1S/C12H13NO2/c1-9(15)11-8-13(6-7-14)12-5-3-2-4-10(11)12/h2-5,8,14H,6-7H2,1H3. The van der Waals surface area contributed by atoms with Gasteiger partial charge in [-0.25, -0.2) is 0 Å². The van der Waals surface area contributed by atoms with E-state index in [0.717, 1.165) is 16.5 Å². The van der Waals surface area contributed by atoms with E-state index in [0.29, 0.717) is 6.54 Å². The Balaban J connectivity index is 2.67. The van der Waals surface area contributed by atoms with Crippen molar-refractivity contribution in [3.05, 3.63) is 36.0 Å². The van der Waals surface area contributed by atoms with Gasteiger partial charge in [0.25, 0.3) is 0 Å². The van der Waals surface area contributed by atoms with Crippen molar-refractivity contribution >= 4 is 16.7 Å². The minimum atomic E-state index is 0.0582. The Morgan fingerprint density at radius 1 is 1.40 bits per heavy atom. The van der Waals surface area contributed by atoms with Crippen LogP contribution in [0.3, 0.4) is 0 Å². The van der Waals surface area contributed by atoms with E-state index in [2.05, 4.69) is 0 Å². The summed E-state index contributed by atoms with van der Waals surface area (Å²) in [5.41, 5.74) is 1.72. The summed E-state index contributed by atoms with van der Waals surface area (Å²) in [7, 11) is 0. The molecular formula is C12H13NO2. The first-order chi connectivity index (χ1) is 7.24. The molecule has 0 bridgehead atoms. The summed E-state index contributed by atoms with van der Waals surface area (Å²) in [6.07, 6.45) is 1.81. The Bertz CT molecular complexity index is 499. The van der Waals surface area contributed by atoms with Crippen LogP contribution >= 0.6 is 0 Å². The Morgan fingerprint density at radius 3 is 2.80 bits per heavy atom. The largest absolute Gasteiger partial charge is 0.395 e. The van der Waals surface area contributed by atoms with Crippen molar-refractivity contribution in [2.24, 2.45) is 0 Å². The van der Waals surface area contributed by atoms with Gasteiger partial charge < -0.3 is 9.67 Å². The average Bonchev–Trinajstić information content (AvgIpc) is 2.59. The maximum absolute atomic E-state index is 11.4. The van der Waals surface area contributed by atoms with E-state index in [1.54, 1.807) is 6.92 Å². The molecule has 1 aromatic heterocycles. The van der Waals surface area contributed by atoms with E-state index in [1.807, 2.05) is 35.0 Å². The zero-order chi connectivity index (χ0) is 10.8. The number of carbonyl (C=O) groups excluding carboxylic acids is 1. The van der Waals surface area contributed by atoms with Gasteiger partial charge in [-0.05, 0) is 13.0 Å². The second-order valence-electron chi connectivity index (χ2n) is 3.53. The second-order valence-corrected chi connectivity index (χ2v) is 3.53. The molecule has 0 aliphatic heterocycles. The molecule has 0 radical (unpaired) electrons. The van der Waals surface area contributed by atoms with Crippen LogP contribution in [0.1, 0.15) is 17.3 Å². The number of aliphatic hydroxyl groups excluding tert-OH is 1. The van der Waals surface area contributed by atoms with Gasteiger partial charge in [-0.1, -0.05) is 18.2 Å². The van der Waals surface area contributed by atoms with Gasteiger partial charge in [0.05, 0.1) is 6.61 Å². The number of ketones is 1. The first-order valence-electron chi connectivity index (χ1n) is 4.93. The van der Waals surface area contributed by atoms with Crippen molar-refractivity contribution in [3.63, 3.8) is 0 Å². The number of aliphatic hydroxyl groups is 1. The average molecular weight is 203 g/mol. The molecule has 78 valence electrons. The summed E-state index contributed by atoms with van der Waals surface area (Å²) in [6, 6.07) is 7.73. The van der Waals surface area contributed by atoms with E-state index in [9.17, 15) is 4.79 Å². The lowest BCUT2D eigenvalue weighted by Crippen LogP contribution is -2.00. The van der Waals surface area contributed by atoms with E-state index >= 15 is 0 Å². The zero-order valence-corrected chi connectivity index (χ0v) is 8.60. The van der Waals surface area contributed by atoms with Gasteiger partial charge in [-0.3, -0.25) is 4.79 Å². The molecule has 3 nitrogen and oxygen atoms in total. The first kappa shape index (κ1) is 9.93. The summed E-state index contributed by atoms with van der Waals surface area (Å²) in [5.74, 6) is 0.0582. The Morgan fingerprint density at radius 2 is 2.13 bits per heavy atom. The highest BCUT2D eigenvalue weighted by Crippen LogP contribution is 2.21. The van der Waals surface area contributed by atoms with Crippen molar-refractivity contribution in [2.75, 3.05) is 6.61 Å². The molecule has 3 heteroatoms. The minimum absolute atomic E-state index is 0.0582. The number of hydrogen-bond donors (Lipinski definition) is 1. The highest BCUT2D eigenvalue weighted by atomic mass is 16.3. The molecule has 0 saturated heterocycles. The monoisotopic (exact) mass is 203 g/mol. The van der Waals surface area contributed by atoms with Crippen LogP contribution < -0.4 is 0 Å². The molecule has 15 heavy (non-hydrogen) atoms. The molecular weight excluding hydrogens is 190 g/mol. The summed E-state index contributed by atoms with van der Waals surface area (Å²) in [5, 5.41) is 9.88. The number of nitrogens with zero attached hydrogens (tertiary/aromatic N) is 1. The number of rotatable bonds is 3. The van der Waals surface area contributed by atoms with Gasteiger partial charge in [-0.15, -0.1) is 0 Å². The summed E-state index contributed by atoms with van der Waals surface area (Å²) < 4.78 is 1.91. The summed E-state index contributed by atoms with van der Waals surface area (Å²) >= 11 is 0. The number of aromatic nitrogens is 1. The van der Waals surface area contributed by atoms with E-state index in [1.165, 1.54) is 0 Å². The summed E-state index contributed by atoms with van der Waals surface area (Å²) in [6.45, 7) is 2.16. The van der Waals surface area contributed by atoms with Gasteiger partial charge in [0.1, 0.15) is 0 Å². The van der Waals surface area contributed by atoms with Crippen molar-refractivity contribution in [1.82, 2.24) is 4.57 Å². The van der Waals surface area contributed by atoms with Gasteiger partial charge in [0.2, 0.25) is 0 Å². The quantitative estimate of drug-likeness (QED) is 0.773. The van der Waals surface area contributed by atoms with Crippen LogP contribution in [0.4, 0.5) is 0 Å². The van der Waals surface area contributed by atoms with Gasteiger partial charge in [0, 0.05) is 29.2 Å². The van der Waals surface area contributed by atoms with Crippen molar-refractivity contribution in [1.29, 1.82) is 0 Å². The van der Waals surface area contributed by atoms with Crippen LogP contribution in [0.25, 0.3) is 10.9 Å². The molecule has 1 N–H and O–H groups in total. The van der Waals surface area contributed by atoms with Crippen LogP contribution in [-0.2, 0) is 6.54 Å². The number of Topliss-reactive ketones (excluding diaryl/α,β-unsaturated/α-hetero) is 1. The van der Waals surface area contributed by atoms with Gasteiger partial charge in [0.15, 0.2) is 5.78 Å². The molecule has 0 aliphatic carbocycles. The number of carbonyl (C=O) groups is 1. The first-order valence-corrected chi connectivity index (χ1v) is 4.93. The lowest BCUT2D eigenvalue weighted by molar-refractivity contribution is 0.101. The zero-order valence-electron chi connectivity index (χ0n) is 8.60. The van der Waals surface area contributed by atoms with Crippen LogP contribution in [0.15, 0.2) is 30.5 Å². The van der Waals surface area contributed by atoms with Gasteiger partial charge in [-0.2, -0.15) is 0 Å². The number of fused-ring (bicyclic) bond motifs is 1. The third-order valence-corrected chi connectivity index (χ3v) is 2.51. The summed E-state index contributed by atoms with van der Waals surface area (Å²) in [4.78, 5) is 11.4. The van der Waals surface area contributed by atoms with E-state index < -0.39 is 0 Å². The second kappa shape index (κ2) is 3.87. The third kappa shape index (κ3) is 1.66. The highest BCUT2D eigenvalue weighted by molar-refractivity contribution is 6.06.